The minimum absolute atomic E-state index is 0.0849. The molecule has 4 nitrogen and oxygen atoms in total. The van der Waals surface area contributed by atoms with E-state index in [0.29, 0.717) is 16.3 Å². The monoisotopic (exact) mass is 349 g/mol. The maximum atomic E-state index is 12.9. The van der Waals surface area contributed by atoms with Crippen molar-refractivity contribution < 1.29 is 4.79 Å². The Morgan fingerprint density at radius 2 is 1.76 bits per heavy atom. The summed E-state index contributed by atoms with van der Waals surface area (Å²) in [6, 6.07) is 15.4. The molecule has 0 spiro atoms. The summed E-state index contributed by atoms with van der Waals surface area (Å²) in [4.78, 5) is 12.9. The van der Waals surface area contributed by atoms with Gasteiger partial charge in [0.25, 0.3) is 0 Å². The molecule has 5 heteroatoms. The molecule has 0 bridgehead atoms. The second-order valence-electron chi connectivity index (χ2n) is 5.96. The van der Waals surface area contributed by atoms with Crippen LogP contribution in [0.15, 0.2) is 54.6 Å². The second-order valence-corrected chi connectivity index (χ2v) is 6.37. The summed E-state index contributed by atoms with van der Waals surface area (Å²) >= 11 is 6.15. The van der Waals surface area contributed by atoms with Gasteiger partial charge in [0.15, 0.2) is 5.78 Å². The van der Waals surface area contributed by atoms with Crippen molar-refractivity contribution >= 4 is 40.1 Å². The number of carbonyl (C=O) groups excluding carboxylic acids is 1. The fourth-order valence-corrected chi connectivity index (χ4v) is 3.38. The van der Waals surface area contributed by atoms with Crippen molar-refractivity contribution in [3.8, 4) is 0 Å². The fraction of sp³-hybridized carbons (Fsp3) is 0.100. The van der Waals surface area contributed by atoms with Gasteiger partial charge in [0.1, 0.15) is 5.65 Å². The summed E-state index contributed by atoms with van der Waals surface area (Å²) in [5, 5.41) is 5.19. The molecule has 0 aliphatic heterocycles. The van der Waals surface area contributed by atoms with Gasteiger partial charge >= 0.3 is 0 Å². The maximum Gasteiger partial charge on any atom is 0.191 e. The topological polar surface area (TPSA) is 39.3 Å². The van der Waals surface area contributed by atoms with E-state index in [4.69, 9.17) is 11.6 Å². The van der Waals surface area contributed by atoms with Crippen LogP contribution in [0.4, 0.5) is 0 Å². The van der Waals surface area contributed by atoms with E-state index < -0.39 is 0 Å². The molecule has 124 valence electrons. The van der Waals surface area contributed by atoms with Crippen LogP contribution in [0.25, 0.3) is 22.8 Å². The number of imidazole rings is 1. The van der Waals surface area contributed by atoms with E-state index in [9.17, 15) is 4.79 Å². The zero-order chi connectivity index (χ0) is 17.6. The lowest BCUT2D eigenvalue weighted by Gasteiger charge is -2.00. The highest BCUT2D eigenvalue weighted by atomic mass is 35.5. The summed E-state index contributed by atoms with van der Waals surface area (Å²) < 4.78 is 3.84. The summed E-state index contributed by atoms with van der Waals surface area (Å²) in [6.45, 7) is 1.86. The third kappa shape index (κ3) is 2.46. The van der Waals surface area contributed by atoms with Gasteiger partial charge in [-0.15, -0.1) is 0 Å². The highest BCUT2D eigenvalue weighted by Gasteiger charge is 2.20. The summed E-state index contributed by atoms with van der Waals surface area (Å²) in [7, 11) is 1.95. The first-order valence-corrected chi connectivity index (χ1v) is 8.35. The van der Waals surface area contributed by atoms with Crippen LogP contribution >= 0.6 is 11.6 Å². The minimum Gasteiger partial charge on any atom is -0.327 e. The van der Waals surface area contributed by atoms with Gasteiger partial charge in [-0.05, 0) is 42.8 Å². The van der Waals surface area contributed by atoms with Crippen LogP contribution in [-0.4, -0.2) is 20.0 Å². The van der Waals surface area contributed by atoms with E-state index in [1.807, 2.05) is 65.5 Å². The first-order valence-electron chi connectivity index (χ1n) is 7.97. The van der Waals surface area contributed by atoms with Crippen LogP contribution in [-0.2, 0) is 7.05 Å². The molecule has 0 amide bonds. The highest BCUT2D eigenvalue weighted by molar-refractivity contribution is 6.32. The molecule has 0 atom stereocenters. The van der Waals surface area contributed by atoms with E-state index in [-0.39, 0.29) is 5.78 Å². The number of para-hydroxylation sites is 2. The molecular formula is C20H16ClN3O. The zero-order valence-electron chi connectivity index (χ0n) is 13.9. The summed E-state index contributed by atoms with van der Waals surface area (Å²) in [5.41, 5.74) is 4.96. The SMILES string of the molecule is Cc1nn2c3ccccc3n(C)c2c1C(=O)C=Cc1ccccc1Cl. The Balaban J connectivity index is 1.85. The van der Waals surface area contributed by atoms with Gasteiger partial charge in [-0.25, -0.2) is 4.52 Å². The van der Waals surface area contributed by atoms with Crippen molar-refractivity contribution in [1.82, 2.24) is 14.2 Å². The van der Waals surface area contributed by atoms with Gasteiger partial charge in [-0.2, -0.15) is 5.10 Å². The standard InChI is InChI=1S/C20H16ClN3O/c1-13-19(18(25)12-11-14-7-3-4-8-15(14)21)20-23(2)16-9-5-6-10-17(16)24(20)22-13/h3-12H,1-2H3. The normalized spacial score (nSPS) is 11.8. The highest BCUT2D eigenvalue weighted by Crippen LogP contribution is 2.25. The zero-order valence-corrected chi connectivity index (χ0v) is 14.7. The molecule has 2 aromatic carbocycles. The van der Waals surface area contributed by atoms with E-state index in [0.717, 1.165) is 22.2 Å². The Labute approximate surface area is 149 Å². The molecule has 4 aromatic rings. The largest absolute Gasteiger partial charge is 0.327 e. The maximum absolute atomic E-state index is 12.9. The number of fused-ring (bicyclic) bond motifs is 3. The van der Waals surface area contributed by atoms with Crippen LogP contribution in [0.1, 0.15) is 21.6 Å². The van der Waals surface area contributed by atoms with E-state index in [1.165, 1.54) is 0 Å². The molecule has 2 aromatic heterocycles. The Kier molecular flexibility index (Phi) is 3.70. The number of aryl methyl sites for hydroxylation is 2. The Hall–Kier alpha value is -2.85. The number of ketones is 1. The molecule has 0 fully saturated rings. The van der Waals surface area contributed by atoms with Gasteiger partial charge in [0, 0.05) is 12.1 Å². The van der Waals surface area contributed by atoms with Crippen LogP contribution in [0.2, 0.25) is 5.02 Å². The van der Waals surface area contributed by atoms with Crippen molar-refractivity contribution in [1.29, 1.82) is 0 Å². The molecule has 0 N–H and O–H groups in total. The number of hydrogen-bond donors (Lipinski definition) is 0. The molecule has 0 saturated carbocycles. The molecule has 2 heterocycles. The number of rotatable bonds is 3. The quantitative estimate of drug-likeness (QED) is 0.398. The first-order chi connectivity index (χ1) is 12.1. The molecule has 0 radical (unpaired) electrons. The number of halogens is 1. The number of nitrogens with zero attached hydrogens (tertiary/aromatic N) is 3. The lowest BCUT2D eigenvalue weighted by molar-refractivity contribution is 0.104. The van der Waals surface area contributed by atoms with E-state index >= 15 is 0 Å². The predicted molar refractivity (Wildman–Crippen MR) is 101 cm³/mol. The minimum atomic E-state index is -0.0849. The average molecular weight is 350 g/mol. The molecular weight excluding hydrogens is 334 g/mol. The van der Waals surface area contributed by atoms with E-state index in [2.05, 4.69) is 5.10 Å². The molecule has 0 unspecified atom stereocenters. The van der Waals surface area contributed by atoms with Gasteiger partial charge < -0.3 is 4.57 Å². The van der Waals surface area contributed by atoms with Crippen molar-refractivity contribution in [2.45, 2.75) is 6.92 Å². The van der Waals surface area contributed by atoms with Crippen molar-refractivity contribution in [3.05, 3.63) is 76.5 Å². The van der Waals surface area contributed by atoms with Crippen molar-refractivity contribution in [3.63, 3.8) is 0 Å². The average Bonchev–Trinajstić information content (AvgIpc) is 3.09. The number of hydrogen-bond acceptors (Lipinski definition) is 2. The summed E-state index contributed by atoms with van der Waals surface area (Å²) in [5.74, 6) is -0.0849. The van der Waals surface area contributed by atoms with Crippen LogP contribution in [0.3, 0.4) is 0 Å². The van der Waals surface area contributed by atoms with Crippen LogP contribution < -0.4 is 0 Å². The number of allylic oxidation sites excluding steroid dienone is 1. The smallest absolute Gasteiger partial charge is 0.191 e. The van der Waals surface area contributed by atoms with Gasteiger partial charge in [0.2, 0.25) is 0 Å². The van der Waals surface area contributed by atoms with E-state index in [1.54, 1.807) is 18.2 Å². The first kappa shape index (κ1) is 15.7. The van der Waals surface area contributed by atoms with Gasteiger partial charge in [0.05, 0.1) is 22.3 Å². The predicted octanol–water partition coefficient (Wildman–Crippen LogP) is 4.68. The van der Waals surface area contributed by atoms with Crippen molar-refractivity contribution in [2.24, 2.45) is 7.05 Å². The third-order valence-electron chi connectivity index (χ3n) is 4.39. The number of carbonyl (C=O) groups is 1. The number of aromatic nitrogens is 3. The Morgan fingerprint density at radius 1 is 1.08 bits per heavy atom. The lowest BCUT2D eigenvalue weighted by atomic mass is 10.1. The second kappa shape index (κ2) is 5.90. The number of benzene rings is 2. The molecule has 4 rings (SSSR count). The summed E-state index contributed by atoms with van der Waals surface area (Å²) in [6.07, 6.45) is 3.30. The molecule has 25 heavy (non-hydrogen) atoms. The lowest BCUT2D eigenvalue weighted by Crippen LogP contribution is -1.99. The van der Waals surface area contributed by atoms with Crippen LogP contribution in [0, 0.1) is 6.92 Å². The molecule has 0 aliphatic carbocycles. The van der Waals surface area contributed by atoms with Gasteiger partial charge in [-0.3, -0.25) is 4.79 Å². The van der Waals surface area contributed by atoms with Crippen molar-refractivity contribution in [2.75, 3.05) is 0 Å². The van der Waals surface area contributed by atoms with Gasteiger partial charge in [-0.1, -0.05) is 41.9 Å². The Morgan fingerprint density at radius 3 is 2.52 bits per heavy atom. The van der Waals surface area contributed by atoms with Crippen LogP contribution in [0.5, 0.6) is 0 Å². The molecule has 0 saturated heterocycles. The third-order valence-corrected chi connectivity index (χ3v) is 4.74. The molecule has 0 aliphatic rings. The Bertz CT molecular complexity index is 1150. The fourth-order valence-electron chi connectivity index (χ4n) is 3.18.